The first-order valence-corrected chi connectivity index (χ1v) is 15.5. The number of nitrogens with one attached hydrogen (secondary N) is 1. The van der Waals surface area contributed by atoms with E-state index in [1.807, 2.05) is 35.2 Å². The van der Waals surface area contributed by atoms with Gasteiger partial charge in [-0.2, -0.15) is 0 Å². The minimum absolute atomic E-state index is 0.0380. The second kappa shape index (κ2) is 13.8. The Kier molecular flexibility index (Phi) is 9.93. The molecule has 7 nitrogen and oxygen atoms in total. The molecule has 0 atom stereocenters. The topological polar surface area (TPSA) is 76.5 Å². The standard InChI is InChI=1S/C30H42N4O3S/c35-28(21-31-18-8-3-9-20-37-24-13-6-2-7-14-24)33-19-17-27-26(22-33)29(36)34(23-11-4-1-5-12-23)30(32-27)38-25-15-10-16-25/h1,4-5,11-12,24-25,31H,2-3,6-10,13-22H2. The average Bonchev–Trinajstić information content (AvgIpc) is 2.93. The number of thioether (sulfide) groups is 1. The molecule has 0 radical (unpaired) electrons. The van der Waals surface area contributed by atoms with E-state index in [1.165, 1.54) is 51.4 Å². The Balaban J connectivity index is 1.11. The number of hydrogen-bond acceptors (Lipinski definition) is 6. The zero-order chi connectivity index (χ0) is 26.2. The first-order valence-electron chi connectivity index (χ1n) is 14.7. The van der Waals surface area contributed by atoms with Crippen LogP contribution < -0.4 is 10.9 Å². The first-order chi connectivity index (χ1) is 18.7. The summed E-state index contributed by atoms with van der Waals surface area (Å²) < 4.78 is 7.76. The van der Waals surface area contributed by atoms with Crippen molar-refractivity contribution in [3.05, 3.63) is 51.9 Å². The van der Waals surface area contributed by atoms with Gasteiger partial charge in [-0.05, 0) is 63.6 Å². The number of rotatable bonds is 12. The van der Waals surface area contributed by atoms with Crippen molar-refractivity contribution in [3.8, 4) is 5.69 Å². The zero-order valence-corrected chi connectivity index (χ0v) is 23.4. The monoisotopic (exact) mass is 538 g/mol. The van der Waals surface area contributed by atoms with Gasteiger partial charge >= 0.3 is 0 Å². The Morgan fingerprint density at radius 2 is 1.84 bits per heavy atom. The van der Waals surface area contributed by atoms with Gasteiger partial charge in [0.05, 0.1) is 36.1 Å². The van der Waals surface area contributed by atoms with E-state index < -0.39 is 0 Å². The lowest BCUT2D eigenvalue weighted by molar-refractivity contribution is -0.131. The van der Waals surface area contributed by atoms with Crippen molar-refractivity contribution in [3.63, 3.8) is 0 Å². The van der Waals surface area contributed by atoms with Crippen LogP contribution in [0.5, 0.6) is 0 Å². The number of aromatic nitrogens is 2. The molecule has 1 aromatic carbocycles. The van der Waals surface area contributed by atoms with Gasteiger partial charge in [-0.1, -0.05) is 55.6 Å². The minimum atomic E-state index is -0.0380. The fourth-order valence-electron chi connectivity index (χ4n) is 5.51. The fraction of sp³-hybridized carbons (Fsp3) is 0.633. The predicted molar refractivity (Wildman–Crippen MR) is 152 cm³/mol. The average molecular weight is 539 g/mol. The summed E-state index contributed by atoms with van der Waals surface area (Å²) in [7, 11) is 0. The number of hydrogen-bond donors (Lipinski definition) is 1. The van der Waals surface area contributed by atoms with Crippen molar-refractivity contribution in [1.82, 2.24) is 19.8 Å². The lowest BCUT2D eigenvalue weighted by atomic mass is 9.98. The molecular weight excluding hydrogens is 496 g/mol. The van der Waals surface area contributed by atoms with E-state index in [2.05, 4.69) is 5.32 Å². The molecule has 8 heteroatoms. The molecular formula is C30H42N4O3S. The van der Waals surface area contributed by atoms with Gasteiger partial charge < -0.3 is 15.0 Å². The maximum absolute atomic E-state index is 13.7. The molecule has 38 heavy (non-hydrogen) atoms. The largest absolute Gasteiger partial charge is 0.378 e. The van der Waals surface area contributed by atoms with Crippen LogP contribution in [0.1, 0.15) is 81.9 Å². The summed E-state index contributed by atoms with van der Waals surface area (Å²) in [6, 6.07) is 9.77. The van der Waals surface area contributed by atoms with Crippen LogP contribution in [0.2, 0.25) is 0 Å². The van der Waals surface area contributed by atoms with Gasteiger partial charge in [-0.25, -0.2) is 4.98 Å². The number of carbonyl (C=O) groups is 1. The zero-order valence-electron chi connectivity index (χ0n) is 22.5. The van der Waals surface area contributed by atoms with Gasteiger partial charge in [0, 0.05) is 24.8 Å². The number of benzene rings is 1. The molecule has 0 bridgehead atoms. The molecule has 206 valence electrons. The highest BCUT2D eigenvalue weighted by molar-refractivity contribution is 7.99. The van der Waals surface area contributed by atoms with E-state index in [-0.39, 0.29) is 11.5 Å². The van der Waals surface area contributed by atoms with Crippen LogP contribution >= 0.6 is 11.8 Å². The number of carbonyl (C=O) groups excluding carboxylic acids is 1. The van der Waals surface area contributed by atoms with Crippen LogP contribution in [-0.2, 0) is 22.5 Å². The number of unbranched alkanes of at least 4 members (excludes halogenated alkanes) is 2. The van der Waals surface area contributed by atoms with E-state index in [0.717, 1.165) is 49.0 Å². The molecule has 0 spiro atoms. The van der Waals surface area contributed by atoms with Crippen molar-refractivity contribution in [2.24, 2.45) is 0 Å². The molecule has 2 aromatic rings. The van der Waals surface area contributed by atoms with Crippen LogP contribution in [0.25, 0.3) is 5.69 Å². The highest BCUT2D eigenvalue weighted by Crippen LogP contribution is 2.36. The van der Waals surface area contributed by atoms with Gasteiger partial charge in [-0.3, -0.25) is 14.2 Å². The van der Waals surface area contributed by atoms with Crippen LogP contribution in [0.3, 0.4) is 0 Å². The van der Waals surface area contributed by atoms with Gasteiger partial charge in [-0.15, -0.1) is 0 Å². The third-order valence-corrected chi connectivity index (χ3v) is 9.36. The lowest BCUT2D eigenvalue weighted by Crippen LogP contribution is -2.44. The van der Waals surface area contributed by atoms with E-state index in [4.69, 9.17) is 9.72 Å². The smallest absolute Gasteiger partial charge is 0.264 e. The normalized spacial score (nSPS) is 18.3. The third kappa shape index (κ3) is 7.07. The maximum Gasteiger partial charge on any atom is 0.264 e. The molecule has 1 amide bonds. The number of para-hydroxylation sites is 1. The molecule has 3 aliphatic rings. The highest BCUT2D eigenvalue weighted by Gasteiger charge is 2.28. The summed E-state index contributed by atoms with van der Waals surface area (Å²) >= 11 is 1.73. The van der Waals surface area contributed by atoms with Gasteiger partial charge in [0.25, 0.3) is 5.56 Å². The lowest BCUT2D eigenvalue weighted by Gasteiger charge is -2.30. The maximum atomic E-state index is 13.7. The minimum Gasteiger partial charge on any atom is -0.378 e. The van der Waals surface area contributed by atoms with E-state index in [0.29, 0.717) is 43.0 Å². The van der Waals surface area contributed by atoms with Gasteiger partial charge in [0.2, 0.25) is 5.91 Å². The van der Waals surface area contributed by atoms with E-state index in [1.54, 1.807) is 16.3 Å². The first kappa shape index (κ1) is 27.4. The molecule has 2 heterocycles. The predicted octanol–water partition coefficient (Wildman–Crippen LogP) is 4.87. The number of fused-ring (bicyclic) bond motifs is 1. The van der Waals surface area contributed by atoms with Crippen LogP contribution in [0, 0.1) is 0 Å². The molecule has 2 aliphatic carbocycles. The van der Waals surface area contributed by atoms with Crippen LogP contribution in [0.15, 0.2) is 40.3 Å². The number of amides is 1. The summed E-state index contributed by atoms with van der Waals surface area (Å²) in [5.41, 5.74) is 2.31. The summed E-state index contributed by atoms with van der Waals surface area (Å²) in [6.07, 6.45) is 14.4. The van der Waals surface area contributed by atoms with Gasteiger partial charge in [0.1, 0.15) is 0 Å². The molecule has 0 saturated heterocycles. The van der Waals surface area contributed by atoms with Crippen molar-refractivity contribution in [1.29, 1.82) is 0 Å². The third-order valence-electron chi connectivity index (χ3n) is 8.07. The molecule has 1 aliphatic heterocycles. The Morgan fingerprint density at radius 1 is 1.03 bits per heavy atom. The Morgan fingerprint density at radius 3 is 2.61 bits per heavy atom. The van der Waals surface area contributed by atoms with Crippen molar-refractivity contribution in [2.45, 2.75) is 100 Å². The van der Waals surface area contributed by atoms with E-state index in [9.17, 15) is 9.59 Å². The quantitative estimate of drug-likeness (QED) is 0.307. The van der Waals surface area contributed by atoms with Crippen molar-refractivity contribution in [2.75, 3.05) is 26.2 Å². The van der Waals surface area contributed by atoms with Crippen molar-refractivity contribution < 1.29 is 9.53 Å². The Bertz CT molecular complexity index is 1110. The Labute approximate surface area is 230 Å². The number of ether oxygens (including phenoxy) is 1. The van der Waals surface area contributed by atoms with Crippen LogP contribution in [0.4, 0.5) is 0 Å². The molecule has 2 fully saturated rings. The summed E-state index contributed by atoms with van der Waals surface area (Å²) in [5, 5.41) is 4.63. The summed E-state index contributed by atoms with van der Waals surface area (Å²) in [6.45, 7) is 2.93. The van der Waals surface area contributed by atoms with Crippen LogP contribution in [-0.4, -0.2) is 58.0 Å². The molecule has 1 aromatic heterocycles. The number of nitrogens with zero attached hydrogens (tertiary/aromatic N) is 3. The summed E-state index contributed by atoms with van der Waals surface area (Å²) in [4.78, 5) is 33.5. The molecule has 5 rings (SSSR count). The van der Waals surface area contributed by atoms with E-state index >= 15 is 0 Å². The SMILES string of the molecule is O=C(CNCCCCCOC1CCCCC1)N1CCc2nc(SC3CCC3)n(-c3ccccc3)c(=O)c2C1. The highest BCUT2D eigenvalue weighted by atomic mass is 32.2. The van der Waals surface area contributed by atoms with Crippen molar-refractivity contribution >= 4 is 17.7 Å². The molecule has 0 unspecified atom stereocenters. The van der Waals surface area contributed by atoms with Gasteiger partial charge in [0.15, 0.2) is 5.16 Å². The summed E-state index contributed by atoms with van der Waals surface area (Å²) in [5.74, 6) is 0.0508. The molecule has 1 N–H and O–H groups in total. The Hall–Kier alpha value is -2.16. The molecule has 2 saturated carbocycles. The second-order valence-corrected chi connectivity index (χ2v) is 12.2. The fourth-order valence-corrected chi connectivity index (χ4v) is 6.83. The second-order valence-electron chi connectivity index (χ2n) is 10.9.